The number of rotatable bonds is 13. The van der Waals surface area contributed by atoms with Crippen LogP contribution >= 0.6 is 23.2 Å². The van der Waals surface area contributed by atoms with Gasteiger partial charge in [0, 0.05) is 35.1 Å². The first-order chi connectivity index (χ1) is 21.5. The molecule has 0 aliphatic rings. The van der Waals surface area contributed by atoms with Crippen molar-refractivity contribution in [1.82, 2.24) is 10.2 Å². The van der Waals surface area contributed by atoms with Crippen LogP contribution in [0.25, 0.3) is 0 Å². The highest BCUT2D eigenvalue weighted by atomic mass is 35.5. The number of carbonyl (C=O) groups excluding carboxylic acids is 2. The van der Waals surface area contributed by atoms with E-state index in [0.29, 0.717) is 12.1 Å². The third kappa shape index (κ3) is 8.84. The highest BCUT2D eigenvalue weighted by molar-refractivity contribution is 7.92. The van der Waals surface area contributed by atoms with E-state index >= 15 is 0 Å². The monoisotopic (exact) mass is 669 g/mol. The van der Waals surface area contributed by atoms with Crippen LogP contribution < -0.4 is 9.62 Å². The molecule has 0 aliphatic heterocycles. The Morgan fingerprint density at radius 2 is 1.40 bits per heavy atom. The topological polar surface area (TPSA) is 86.8 Å². The summed E-state index contributed by atoms with van der Waals surface area (Å²) in [5.74, 6) is -1.53. The van der Waals surface area contributed by atoms with Gasteiger partial charge in [0.2, 0.25) is 11.8 Å². The summed E-state index contributed by atoms with van der Waals surface area (Å²) in [6, 6.07) is 25.5. The van der Waals surface area contributed by atoms with E-state index in [9.17, 15) is 22.4 Å². The Hall–Kier alpha value is -3.92. The Kier molecular flexibility index (Phi) is 11.6. The summed E-state index contributed by atoms with van der Waals surface area (Å²) in [6.45, 7) is 3.41. The molecule has 0 bridgehead atoms. The Labute approximate surface area is 273 Å². The normalized spacial score (nSPS) is 12.0. The minimum atomic E-state index is -4.30. The van der Waals surface area contributed by atoms with Crippen LogP contribution in [-0.2, 0) is 32.6 Å². The van der Waals surface area contributed by atoms with E-state index in [1.54, 1.807) is 36.4 Å². The van der Waals surface area contributed by atoms with Crippen molar-refractivity contribution in [3.8, 4) is 0 Å². The number of halogens is 3. The van der Waals surface area contributed by atoms with Gasteiger partial charge in [-0.1, -0.05) is 91.6 Å². The van der Waals surface area contributed by atoms with Crippen molar-refractivity contribution in [1.29, 1.82) is 0 Å². The Balaban J connectivity index is 1.82. The van der Waals surface area contributed by atoms with E-state index in [1.165, 1.54) is 29.2 Å². The minimum absolute atomic E-state index is 0.0571. The number of hydrogen-bond acceptors (Lipinski definition) is 4. The van der Waals surface area contributed by atoms with Gasteiger partial charge in [-0.15, -0.1) is 0 Å². The molecule has 0 radical (unpaired) electrons. The summed E-state index contributed by atoms with van der Waals surface area (Å²) in [4.78, 5) is 29.5. The Morgan fingerprint density at radius 1 is 0.822 bits per heavy atom. The van der Waals surface area contributed by atoms with Crippen LogP contribution in [0.15, 0.2) is 108 Å². The number of nitrogens with one attached hydrogen (secondary N) is 1. The average Bonchev–Trinajstić information content (AvgIpc) is 3.03. The molecule has 0 heterocycles. The predicted octanol–water partition coefficient (Wildman–Crippen LogP) is 6.74. The van der Waals surface area contributed by atoms with Crippen molar-refractivity contribution in [2.45, 2.75) is 37.8 Å². The molecule has 4 aromatic rings. The minimum Gasteiger partial charge on any atom is -0.354 e. The van der Waals surface area contributed by atoms with E-state index in [4.69, 9.17) is 23.2 Å². The molecule has 0 spiro atoms. The Bertz CT molecular complexity index is 1690. The van der Waals surface area contributed by atoms with E-state index in [-0.39, 0.29) is 39.5 Å². The second-order valence-electron chi connectivity index (χ2n) is 10.9. The lowest BCUT2D eigenvalue weighted by Gasteiger charge is -2.34. The van der Waals surface area contributed by atoms with Gasteiger partial charge in [0.25, 0.3) is 10.0 Å². The maximum absolute atomic E-state index is 14.5. The molecular weight excluding hydrogens is 636 g/mol. The summed E-state index contributed by atoms with van der Waals surface area (Å²) in [7, 11) is -4.30. The molecule has 4 rings (SSSR count). The molecule has 0 aromatic heterocycles. The van der Waals surface area contributed by atoms with E-state index in [0.717, 1.165) is 22.0 Å². The molecule has 0 fully saturated rings. The lowest BCUT2D eigenvalue weighted by Crippen LogP contribution is -2.53. The predicted molar refractivity (Wildman–Crippen MR) is 176 cm³/mol. The number of sulfonamides is 1. The summed E-state index contributed by atoms with van der Waals surface area (Å²) in [5, 5.41) is 3.50. The number of nitrogens with zero attached hydrogens (tertiary/aromatic N) is 2. The maximum Gasteiger partial charge on any atom is 0.264 e. The largest absolute Gasteiger partial charge is 0.354 e. The first-order valence-electron chi connectivity index (χ1n) is 14.3. The molecule has 236 valence electrons. The zero-order chi connectivity index (χ0) is 32.6. The summed E-state index contributed by atoms with van der Waals surface area (Å²) in [5.41, 5.74) is 1.27. The number of anilines is 1. The van der Waals surface area contributed by atoms with Gasteiger partial charge < -0.3 is 10.2 Å². The second kappa shape index (κ2) is 15.4. The third-order valence-electron chi connectivity index (χ3n) is 7.07. The molecule has 0 aliphatic carbocycles. The molecule has 0 unspecified atom stereocenters. The molecule has 1 N–H and O–H groups in total. The highest BCUT2D eigenvalue weighted by Gasteiger charge is 2.35. The average molecular weight is 671 g/mol. The van der Waals surface area contributed by atoms with Crippen LogP contribution in [-0.4, -0.2) is 44.3 Å². The van der Waals surface area contributed by atoms with Crippen LogP contribution in [0.2, 0.25) is 10.0 Å². The standard InChI is InChI=1S/C34H34Cl2FN3O4S/c1-24(2)21-38-34(42)32(20-25-10-5-3-6-11-25)39(22-29-30(35)14-9-15-31(29)36)33(41)23-40(27-18-16-26(37)17-19-27)45(43,44)28-12-7-4-8-13-28/h3-19,24,32H,20-23H2,1-2H3,(H,38,42)/t32-/m0/s1. The number of carbonyl (C=O) groups is 2. The van der Waals surface area contributed by atoms with Crippen LogP contribution in [0.1, 0.15) is 25.0 Å². The molecule has 4 aromatic carbocycles. The second-order valence-corrected chi connectivity index (χ2v) is 13.5. The van der Waals surface area contributed by atoms with Gasteiger partial charge in [-0.3, -0.25) is 13.9 Å². The van der Waals surface area contributed by atoms with Crippen molar-refractivity contribution in [2.75, 3.05) is 17.4 Å². The van der Waals surface area contributed by atoms with Gasteiger partial charge in [0.15, 0.2) is 0 Å². The van der Waals surface area contributed by atoms with Crippen molar-refractivity contribution in [2.24, 2.45) is 5.92 Å². The molecule has 0 saturated carbocycles. The SMILES string of the molecule is CC(C)CNC(=O)[C@H](Cc1ccccc1)N(Cc1c(Cl)cccc1Cl)C(=O)CN(c1ccc(F)cc1)S(=O)(=O)c1ccccc1. The van der Waals surface area contributed by atoms with Crippen molar-refractivity contribution in [3.05, 3.63) is 130 Å². The first-order valence-corrected chi connectivity index (χ1v) is 16.5. The molecule has 45 heavy (non-hydrogen) atoms. The third-order valence-corrected chi connectivity index (χ3v) is 9.57. The quantitative estimate of drug-likeness (QED) is 0.171. The van der Waals surface area contributed by atoms with E-state index in [2.05, 4.69) is 5.32 Å². The lowest BCUT2D eigenvalue weighted by molar-refractivity contribution is -0.140. The molecule has 11 heteroatoms. The van der Waals surface area contributed by atoms with Gasteiger partial charge in [-0.05, 0) is 60.0 Å². The molecule has 1 atom stereocenters. The first kappa shape index (κ1) is 34.0. The smallest absolute Gasteiger partial charge is 0.264 e. The van der Waals surface area contributed by atoms with E-state index < -0.39 is 40.2 Å². The van der Waals surface area contributed by atoms with Crippen LogP contribution in [0.4, 0.5) is 10.1 Å². The fraction of sp³-hybridized carbons (Fsp3) is 0.235. The van der Waals surface area contributed by atoms with Crippen molar-refractivity contribution < 1.29 is 22.4 Å². The van der Waals surface area contributed by atoms with Gasteiger partial charge in [-0.25, -0.2) is 12.8 Å². The molecule has 7 nitrogen and oxygen atoms in total. The summed E-state index contributed by atoms with van der Waals surface area (Å²) >= 11 is 13.1. The highest BCUT2D eigenvalue weighted by Crippen LogP contribution is 2.29. The Morgan fingerprint density at radius 3 is 1.98 bits per heavy atom. The zero-order valence-corrected chi connectivity index (χ0v) is 27.2. The number of amides is 2. The molecule has 2 amide bonds. The van der Waals surface area contributed by atoms with Crippen molar-refractivity contribution >= 4 is 50.7 Å². The molecular formula is C34H34Cl2FN3O4S. The fourth-order valence-electron chi connectivity index (χ4n) is 4.69. The van der Waals surface area contributed by atoms with Gasteiger partial charge in [0.1, 0.15) is 18.4 Å². The number of benzene rings is 4. The van der Waals surface area contributed by atoms with Crippen LogP contribution in [0.3, 0.4) is 0 Å². The van der Waals surface area contributed by atoms with Crippen molar-refractivity contribution in [3.63, 3.8) is 0 Å². The van der Waals surface area contributed by atoms with Gasteiger partial charge in [0.05, 0.1) is 10.6 Å². The molecule has 0 saturated heterocycles. The number of hydrogen-bond donors (Lipinski definition) is 1. The van der Waals surface area contributed by atoms with Gasteiger partial charge >= 0.3 is 0 Å². The van der Waals surface area contributed by atoms with Gasteiger partial charge in [-0.2, -0.15) is 0 Å². The van der Waals surface area contributed by atoms with Crippen LogP contribution in [0, 0.1) is 11.7 Å². The summed E-state index contributed by atoms with van der Waals surface area (Å²) in [6.07, 6.45) is 0.139. The maximum atomic E-state index is 14.5. The lowest BCUT2D eigenvalue weighted by atomic mass is 10.0. The van der Waals surface area contributed by atoms with Crippen LogP contribution in [0.5, 0.6) is 0 Å². The fourth-order valence-corrected chi connectivity index (χ4v) is 6.64. The summed E-state index contributed by atoms with van der Waals surface area (Å²) < 4.78 is 42.7. The van der Waals surface area contributed by atoms with E-state index in [1.807, 2.05) is 44.2 Å². The zero-order valence-electron chi connectivity index (χ0n) is 24.9.